The zero-order chi connectivity index (χ0) is 13.5. The van der Waals surface area contributed by atoms with Crippen LogP contribution in [0.4, 0.5) is 5.69 Å². The van der Waals surface area contributed by atoms with E-state index in [1.165, 1.54) is 4.90 Å². The van der Waals surface area contributed by atoms with E-state index in [1.807, 2.05) is 28.0 Å². The fraction of sp³-hybridized carbons (Fsp3) is 0.500. The lowest BCUT2D eigenvalue weighted by Gasteiger charge is -2.44. The zero-order valence-corrected chi connectivity index (χ0v) is 11.8. The summed E-state index contributed by atoms with van der Waals surface area (Å²) < 4.78 is 0. The molecule has 1 N–H and O–H groups in total. The topological polar surface area (TPSA) is 43.8 Å². The van der Waals surface area contributed by atoms with E-state index in [1.54, 1.807) is 18.7 Å². The highest BCUT2D eigenvalue weighted by Gasteiger charge is 2.38. The van der Waals surface area contributed by atoms with Crippen LogP contribution in [0.5, 0.6) is 0 Å². The van der Waals surface area contributed by atoms with Gasteiger partial charge in [0.2, 0.25) is 5.91 Å². The van der Waals surface area contributed by atoms with Crippen molar-refractivity contribution < 1.29 is 9.90 Å². The number of amides is 1. The molecule has 0 aromatic heterocycles. The van der Waals surface area contributed by atoms with Crippen molar-refractivity contribution in [2.24, 2.45) is 0 Å². The van der Waals surface area contributed by atoms with Crippen LogP contribution >= 0.6 is 11.8 Å². The van der Waals surface area contributed by atoms with E-state index in [2.05, 4.69) is 6.07 Å². The second kappa shape index (κ2) is 4.81. The number of fused-ring (bicyclic) bond motifs is 1. The molecule has 4 nitrogen and oxygen atoms in total. The standard InChI is InChI=1S/C14H18N2O2S/c1-14(18)9-15(10-14)8-13(17)16-6-7-19-12-5-3-2-4-11(12)16/h2-5,18H,6-10H2,1H3. The van der Waals surface area contributed by atoms with Gasteiger partial charge < -0.3 is 10.0 Å². The molecular formula is C14H18N2O2S. The Bertz CT molecular complexity index is 496. The summed E-state index contributed by atoms with van der Waals surface area (Å²) in [6.45, 7) is 4.15. The molecule has 0 unspecified atom stereocenters. The molecule has 0 saturated carbocycles. The van der Waals surface area contributed by atoms with Crippen molar-refractivity contribution in [3.05, 3.63) is 24.3 Å². The number of nitrogens with zero attached hydrogens (tertiary/aromatic N) is 2. The van der Waals surface area contributed by atoms with Crippen LogP contribution < -0.4 is 4.90 Å². The minimum absolute atomic E-state index is 0.128. The monoisotopic (exact) mass is 278 g/mol. The molecule has 3 rings (SSSR count). The van der Waals surface area contributed by atoms with Gasteiger partial charge in [-0.1, -0.05) is 12.1 Å². The first-order valence-electron chi connectivity index (χ1n) is 6.52. The first-order chi connectivity index (χ1) is 9.05. The number of hydrogen-bond donors (Lipinski definition) is 1. The largest absolute Gasteiger partial charge is 0.388 e. The molecule has 5 heteroatoms. The average molecular weight is 278 g/mol. The Balaban J connectivity index is 1.68. The number of anilines is 1. The maximum absolute atomic E-state index is 12.4. The lowest BCUT2D eigenvalue weighted by Crippen LogP contribution is -2.62. The average Bonchev–Trinajstić information content (AvgIpc) is 2.36. The van der Waals surface area contributed by atoms with E-state index < -0.39 is 5.60 Å². The normalized spacial score (nSPS) is 21.7. The van der Waals surface area contributed by atoms with Gasteiger partial charge in [0.15, 0.2) is 0 Å². The molecule has 1 amide bonds. The maximum Gasteiger partial charge on any atom is 0.241 e. The number of benzene rings is 1. The first kappa shape index (κ1) is 13.0. The van der Waals surface area contributed by atoms with E-state index >= 15 is 0 Å². The number of hydrogen-bond acceptors (Lipinski definition) is 4. The van der Waals surface area contributed by atoms with Crippen LogP contribution in [-0.4, -0.2) is 53.4 Å². The van der Waals surface area contributed by atoms with Gasteiger partial charge >= 0.3 is 0 Å². The molecule has 102 valence electrons. The lowest BCUT2D eigenvalue weighted by molar-refractivity contribution is -0.127. The SMILES string of the molecule is CC1(O)CN(CC(=O)N2CCSc3ccccc32)C1. The molecule has 0 bridgehead atoms. The predicted octanol–water partition coefficient (Wildman–Crippen LogP) is 1.19. The molecule has 1 aromatic rings. The Morgan fingerprint density at radius 3 is 2.89 bits per heavy atom. The first-order valence-corrected chi connectivity index (χ1v) is 7.51. The second-order valence-electron chi connectivity index (χ2n) is 5.50. The van der Waals surface area contributed by atoms with Gasteiger partial charge in [0.25, 0.3) is 0 Å². The summed E-state index contributed by atoms with van der Waals surface area (Å²) in [7, 11) is 0. The Hall–Kier alpha value is -1.04. The van der Waals surface area contributed by atoms with Crippen molar-refractivity contribution >= 4 is 23.4 Å². The van der Waals surface area contributed by atoms with Crippen LogP contribution in [0.3, 0.4) is 0 Å². The van der Waals surface area contributed by atoms with E-state index in [0.29, 0.717) is 19.6 Å². The minimum atomic E-state index is -0.615. The molecule has 1 fully saturated rings. The summed E-state index contributed by atoms with van der Waals surface area (Å²) in [4.78, 5) is 17.4. The van der Waals surface area contributed by atoms with Crippen molar-refractivity contribution in [1.29, 1.82) is 0 Å². The van der Waals surface area contributed by atoms with Gasteiger partial charge in [-0.2, -0.15) is 0 Å². The van der Waals surface area contributed by atoms with Crippen LogP contribution in [0.2, 0.25) is 0 Å². The third kappa shape index (κ3) is 2.63. The summed E-state index contributed by atoms with van der Waals surface area (Å²) in [6, 6.07) is 8.05. The van der Waals surface area contributed by atoms with Crippen LogP contribution in [-0.2, 0) is 4.79 Å². The number of thioether (sulfide) groups is 1. The minimum Gasteiger partial charge on any atom is -0.388 e. The van der Waals surface area contributed by atoms with E-state index in [-0.39, 0.29) is 5.91 Å². The van der Waals surface area contributed by atoms with Gasteiger partial charge in [-0.15, -0.1) is 11.8 Å². The van der Waals surface area contributed by atoms with Gasteiger partial charge in [0.05, 0.1) is 17.8 Å². The molecule has 2 aliphatic heterocycles. The molecule has 0 spiro atoms. The molecule has 2 aliphatic rings. The summed E-state index contributed by atoms with van der Waals surface area (Å²) in [5, 5.41) is 9.69. The van der Waals surface area contributed by atoms with Crippen molar-refractivity contribution in [2.45, 2.75) is 17.4 Å². The summed E-state index contributed by atoms with van der Waals surface area (Å²) in [5.41, 5.74) is 0.409. The Kier molecular flexibility index (Phi) is 3.28. The van der Waals surface area contributed by atoms with E-state index in [0.717, 1.165) is 18.0 Å². The fourth-order valence-electron chi connectivity index (χ4n) is 2.73. The number of rotatable bonds is 2. The van der Waals surface area contributed by atoms with Gasteiger partial charge in [-0.3, -0.25) is 9.69 Å². The number of β-amino-alcohol motifs (C(OH)–C–C–N with tert-alkyl or cyclic N) is 1. The lowest BCUT2D eigenvalue weighted by atomic mass is 9.97. The van der Waals surface area contributed by atoms with E-state index in [9.17, 15) is 9.90 Å². The van der Waals surface area contributed by atoms with Gasteiger partial charge in [0.1, 0.15) is 0 Å². The second-order valence-corrected chi connectivity index (χ2v) is 6.64. The molecule has 19 heavy (non-hydrogen) atoms. The molecule has 1 saturated heterocycles. The molecule has 0 radical (unpaired) electrons. The van der Waals surface area contributed by atoms with Gasteiger partial charge in [-0.05, 0) is 19.1 Å². The van der Waals surface area contributed by atoms with Crippen LogP contribution in [0.25, 0.3) is 0 Å². The Labute approximate surface area is 117 Å². The Morgan fingerprint density at radius 1 is 1.42 bits per heavy atom. The van der Waals surface area contributed by atoms with Crippen molar-refractivity contribution in [3.63, 3.8) is 0 Å². The highest BCUT2D eigenvalue weighted by molar-refractivity contribution is 7.99. The summed E-state index contributed by atoms with van der Waals surface area (Å²) in [5.74, 6) is 1.07. The molecule has 0 aliphatic carbocycles. The van der Waals surface area contributed by atoms with E-state index in [4.69, 9.17) is 0 Å². The highest BCUT2D eigenvalue weighted by Crippen LogP contribution is 2.34. The number of carbonyl (C=O) groups excluding carboxylic acids is 1. The number of para-hydroxylation sites is 1. The highest BCUT2D eigenvalue weighted by atomic mass is 32.2. The van der Waals surface area contributed by atoms with Crippen molar-refractivity contribution in [3.8, 4) is 0 Å². The predicted molar refractivity (Wildman–Crippen MR) is 76.6 cm³/mol. The van der Waals surface area contributed by atoms with Crippen LogP contribution in [0, 0.1) is 0 Å². The van der Waals surface area contributed by atoms with Gasteiger partial charge in [0, 0.05) is 30.3 Å². The quantitative estimate of drug-likeness (QED) is 0.882. The van der Waals surface area contributed by atoms with Gasteiger partial charge in [-0.25, -0.2) is 0 Å². The smallest absolute Gasteiger partial charge is 0.241 e. The number of aliphatic hydroxyl groups is 1. The molecule has 2 heterocycles. The third-order valence-electron chi connectivity index (χ3n) is 3.52. The zero-order valence-electron chi connectivity index (χ0n) is 11.0. The van der Waals surface area contributed by atoms with Crippen LogP contribution in [0.15, 0.2) is 29.2 Å². The molecule has 0 atom stereocenters. The third-order valence-corrected chi connectivity index (χ3v) is 4.56. The summed E-state index contributed by atoms with van der Waals surface area (Å²) >= 11 is 1.80. The van der Waals surface area contributed by atoms with Crippen molar-refractivity contribution in [2.75, 3.05) is 36.8 Å². The maximum atomic E-state index is 12.4. The molecule has 1 aromatic carbocycles. The van der Waals surface area contributed by atoms with Crippen molar-refractivity contribution in [1.82, 2.24) is 4.90 Å². The number of likely N-dealkylation sites (tertiary alicyclic amines) is 1. The fourth-order valence-corrected chi connectivity index (χ4v) is 3.73. The molecular weight excluding hydrogens is 260 g/mol. The number of carbonyl (C=O) groups is 1. The Morgan fingerprint density at radius 2 is 2.16 bits per heavy atom. The summed E-state index contributed by atoms with van der Waals surface area (Å²) in [6.07, 6.45) is 0. The van der Waals surface area contributed by atoms with Crippen LogP contribution in [0.1, 0.15) is 6.92 Å².